The predicted molar refractivity (Wildman–Crippen MR) is 90.4 cm³/mol. The molecule has 0 aliphatic carbocycles. The second kappa shape index (κ2) is 7.62. The van der Waals surface area contributed by atoms with Crippen LogP contribution in [0.2, 0.25) is 5.02 Å². The number of nitrogens with one attached hydrogen (secondary N) is 2. The molecule has 0 radical (unpaired) electrons. The molecule has 2 aromatic rings. The number of rotatable bonds is 4. The third-order valence-electron chi connectivity index (χ3n) is 4.18. The van der Waals surface area contributed by atoms with Gasteiger partial charge in [0, 0.05) is 18.4 Å². The van der Waals surface area contributed by atoms with Gasteiger partial charge in [-0.15, -0.1) is 0 Å². The topological polar surface area (TPSA) is 61.0 Å². The maximum absolute atomic E-state index is 13.0. The van der Waals surface area contributed by atoms with Crippen LogP contribution >= 0.6 is 11.6 Å². The van der Waals surface area contributed by atoms with Crippen LogP contribution in [0.4, 0.5) is 0 Å². The highest BCUT2D eigenvalue weighted by Gasteiger charge is 2.26. The molecule has 122 valence electrons. The first-order chi connectivity index (χ1) is 11.2. The molecule has 2 aromatic heterocycles. The SMILES string of the molecule is O=C(c1cc(Cl)c[nH]1)N(Cc1ccccn1)C1CCCNCC1. The van der Waals surface area contributed by atoms with Crippen molar-refractivity contribution in [2.75, 3.05) is 13.1 Å². The Balaban J connectivity index is 1.84. The number of halogens is 1. The molecule has 2 N–H and O–H groups in total. The van der Waals surface area contributed by atoms with Crippen molar-refractivity contribution in [1.82, 2.24) is 20.2 Å². The Morgan fingerprint density at radius 1 is 1.35 bits per heavy atom. The highest BCUT2D eigenvalue weighted by molar-refractivity contribution is 6.30. The molecule has 1 aliphatic rings. The van der Waals surface area contributed by atoms with Crippen molar-refractivity contribution in [1.29, 1.82) is 0 Å². The van der Waals surface area contributed by atoms with E-state index in [1.807, 2.05) is 23.1 Å². The molecule has 0 spiro atoms. The van der Waals surface area contributed by atoms with E-state index in [1.165, 1.54) is 0 Å². The first-order valence-electron chi connectivity index (χ1n) is 7.99. The fourth-order valence-corrected chi connectivity index (χ4v) is 3.16. The Morgan fingerprint density at radius 3 is 3.00 bits per heavy atom. The summed E-state index contributed by atoms with van der Waals surface area (Å²) in [5.74, 6) is -0.0190. The van der Waals surface area contributed by atoms with Crippen molar-refractivity contribution in [3.05, 3.63) is 53.1 Å². The van der Waals surface area contributed by atoms with Gasteiger partial charge >= 0.3 is 0 Å². The van der Waals surface area contributed by atoms with Gasteiger partial charge in [-0.1, -0.05) is 17.7 Å². The molecule has 0 bridgehead atoms. The number of carbonyl (C=O) groups excluding carboxylic acids is 1. The molecular weight excluding hydrogens is 312 g/mol. The lowest BCUT2D eigenvalue weighted by Gasteiger charge is -2.30. The van der Waals surface area contributed by atoms with Gasteiger partial charge in [0.25, 0.3) is 5.91 Å². The van der Waals surface area contributed by atoms with Crippen LogP contribution in [-0.4, -0.2) is 39.9 Å². The minimum atomic E-state index is -0.0190. The van der Waals surface area contributed by atoms with Crippen molar-refractivity contribution < 1.29 is 4.79 Å². The number of hydrogen-bond donors (Lipinski definition) is 2. The lowest BCUT2D eigenvalue weighted by molar-refractivity contribution is 0.0637. The fourth-order valence-electron chi connectivity index (χ4n) is 2.99. The van der Waals surface area contributed by atoms with E-state index in [1.54, 1.807) is 18.5 Å². The van der Waals surface area contributed by atoms with Crippen LogP contribution in [0.25, 0.3) is 0 Å². The van der Waals surface area contributed by atoms with E-state index >= 15 is 0 Å². The maximum atomic E-state index is 13.0. The zero-order valence-electron chi connectivity index (χ0n) is 13.0. The van der Waals surface area contributed by atoms with Crippen LogP contribution < -0.4 is 5.32 Å². The highest BCUT2D eigenvalue weighted by Crippen LogP contribution is 2.20. The van der Waals surface area contributed by atoms with Gasteiger partial charge in [0.15, 0.2) is 0 Å². The number of hydrogen-bond acceptors (Lipinski definition) is 3. The van der Waals surface area contributed by atoms with Crippen molar-refractivity contribution in [3.63, 3.8) is 0 Å². The molecule has 0 saturated carbocycles. The minimum Gasteiger partial charge on any atom is -0.356 e. The molecule has 1 unspecified atom stereocenters. The van der Waals surface area contributed by atoms with Crippen molar-refractivity contribution >= 4 is 17.5 Å². The summed E-state index contributed by atoms with van der Waals surface area (Å²) in [6, 6.07) is 7.68. The molecular formula is C17H21ClN4O. The van der Waals surface area contributed by atoms with Gasteiger partial charge in [0.1, 0.15) is 5.69 Å². The summed E-state index contributed by atoms with van der Waals surface area (Å²) in [6.07, 6.45) is 6.43. The molecule has 6 heteroatoms. The van der Waals surface area contributed by atoms with E-state index in [4.69, 9.17) is 11.6 Å². The Labute approximate surface area is 141 Å². The van der Waals surface area contributed by atoms with Gasteiger partial charge in [-0.3, -0.25) is 9.78 Å². The van der Waals surface area contributed by atoms with E-state index in [-0.39, 0.29) is 11.9 Å². The quantitative estimate of drug-likeness (QED) is 0.905. The van der Waals surface area contributed by atoms with Gasteiger partial charge in [0.05, 0.1) is 17.3 Å². The number of aromatic nitrogens is 2. The number of H-pyrrole nitrogens is 1. The summed E-state index contributed by atoms with van der Waals surface area (Å²) in [4.78, 5) is 22.2. The Kier molecular flexibility index (Phi) is 5.31. The molecule has 3 rings (SSSR count). The molecule has 3 heterocycles. The summed E-state index contributed by atoms with van der Waals surface area (Å²) < 4.78 is 0. The first kappa shape index (κ1) is 16.0. The van der Waals surface area contributed by atoms with E-state index in [0.29, 0.717) is 17.3 Å². The van der Waals surface area contributed by atoms with Crippen molar-refractivity contribution in [3.8, 4) is 0 Å². The first-order valence-corrected chi connectivity index (χ1v) is 8.37. The smallest absolute Gasteiger partial charge is 0.270 e. The molecule has 1 fully saturated rings. The normalized spacial score (nSPS) is 18.4. The lowest BCUT2D eigenvalue weighted by atomic mass is 10.1. The number of pyridine rings is 1. The van der Waals surface area contributed by atoms with Gasteiger partial charge in [0.2, 0.25) is 0 Å². The molecule has 5 nitrogen and oxygen atoms in total. The van der Waals surface area contributed by atoms with E-state index < -0.39 is 0 Å². The second-order valence-corrected chi connectivity index (χ2v) is 6.26. The monoisotopic (exact) mass is 332 g/mol. The van der Waals surface area contributed by atoms with Crippen LogP contribution in [-0.2, 0) is 6.54 Å². The molecule has 1 amide bonds. The lowest BCUT2D eigenvalue weighted by Crippen LogP contribution is -2.40. The summed E-state index contributed by atoms with van der Waals surface area (Å²) in [5.41, 5.74) is 1.43. The summed E-state index contributed by atoms with van der Waals surface area (Å²) >= 11 is 5.96. The van der Waals surface area contributed by atoms with E-state index in [9.17, 15) is 4.79 Å². The Hall–Kier alpha value is -1.85. The van der Waals surface area contributed by atoms with Gasteiger partial charge in [-0.2, -0.15) is 0 Å². The van der Waals surface area contributed by atoms with Crippen LogP contribution in [0.1, 0.15) is 35.4 Å². The molecule has 0 aromatic carbocycles. The van der Waals surface area contributed by atoms with Crippen molar-refractivity contribution in [2.24, 2.45) is 0 Å². The van der Waals surface area contributed by atoms with Gasteiger partial charge < -0.3 is 15.2 Å². The van der Waals surface area contributed by atoms with Gasteiger partial charge in [-0.25, -0.2) is 0 Å². The second-order valence-electron chi connectivity index (χ2n) is 5.82. The molecule has 1 atom stereocenters. The summed E-state index contributed by atoms with van der Waals surface area (Å²) in [7, 11) is 0. The standard InChI is InChI=1S/C17H21ClN4O/c18-13-10-16(21-11-13)17(23)22(12-14-4-1-2-8-20-14)15-5-3-7-19-9-6-15/h1-2,4,8,10-11,15,19,21H,3,5-7,9,12H2. The summed E-state index contributed by atoms with van der Waals surface area (Å²) in [5, 5.41) is 3.95. The van der Waals surface area contributed by atoms with Crippen LogP contribution in [0.3, 0.4) is 0 Å². The minimum absolute atomic E-state index is 0.0190. The van der Waals surface area contributed by atoms with Crippen LogP contribution in [0.5, 0.6) is 0 Å². The fraction of sp³-hybridized carbons (Fsp3) is 0.412. The zero-order valence-corrected chi connectivity index (χ0v) is 13.7. The van der Waals surface area contributed by atoms with E-state index in [0.717, 1.165) is 38.0 Å². The average molecular weight is 333 g/mol. The number of aromatic amines is 1. The van der Waals surface area contributed by atoms with Crippen LogP contribution in [0, 0.1) is 0 Å². The Morgan fingerprint density at radius 2 is 2.26 bits per heavy atom. The molecule has 23 heavy (non-hydrogen) atoms. The maximum Gasteiger partial charge on any atom is 0.270 e. The Bertz CT molecular complexity index is 635. The molecule has 1 aliphatic heterocycles. The predicted octanol–water partition coefficient (Wildman–Crippen LogP) is 2.85. The zero-order chi connectivity index (χ0) is 16.1. The third kappa shape index (κ3) is 4.12. The molecule has 1 saturated heterocycles. The third-order valence-corrected chi connectivity index (χ3v) is 4.40. The number of amides is 1. The van der Waals surface area contributed by atoms with Crippen molar-refractivity contribution in [2.45, 2.75) is 31.8 Å². The number of carbonyl (C=O) groups is 1. The average Bonchev–Trinajstić information content (AvgIpc) is 2.84. The van der Waals surface area contributed by atoms with Crippen LogP contribution in [0.15, 0.2) is 36.7 Å². The number of nitrogens with zero attached hydrogens (tertiary/aromatic N) is 2. The van der Waals surface area contributed by atoms with E-state index in [2.05, 4.69) is 15.3 Å². The highest BCUT2D eigenvalue weighted by atomic mass is 35.5. The summed E-state index contributed by atoms with van der Waals surface area (Å²) in [6.45, 7) is 2.46. The largest absolute Gasteiger partial charge is 0.356 e. The van der Waals surface area contributed by atoms with Gasteiger partial charge in [-0.05, 0) is 50.6 Å².